The predicted molar refractivity (Wildman–Crippen MR) is 61.8 cm³/mol. The number of rotatable bonds is 5. The molecule has 0 aromatic carbocycles. The normalized spacial score (nSPS) is 21.5. The van der Waals surface area contributed by atoms with Crippen molar-refractivity contribution in [3.63, 3.8) is 0 Å². The smallest absolute Gasteiger partial charge is 0.158 e. The van der Waals surface area contributed by atoms with Gasteiger partial charge in [0, 0.05) is 12.4 Å². The minimum absolute atomic E-state index is 0.236. The van der Waals surface area contributed by atoms with E-state index in [4.69, 9.17) is 4.74 Å². The summed E-state index contributed by atoms with van der Waals surface area (Å²) in [5, 5.41) is 0. The summed E-state index contributed by atoms with van der Waals surface area (Å²) in [5.74, 6) is 0.236. The minimum Gasteiger partial charge on any atom is -0.380 e. The monoisotopic (exact) mass is 234 g/mol. The summed E-state index contributed by atoms with van der Waals surface area (Å²) in [7, 11) is -2.98. The molecule has 0 unspecified atom stereocenters. The maximum atomic E-state index is 12.1. The second-order valence-corrected chi connectivity index (χ2v) is 6.96. The molecule has 0 bridgehead atoms. The van der Waals surface area contributed by atoms with Crippen molar-refractivity contribution >= 4 is 9.84 Å². The van der Waals surface area contributed by atoms with Gasteiger partial charge in [0.25, 0.3) is 0 Å². The Morgan fingerprint density at radius 2 is 1.73 bits per heavy atom. The first-order valence-electron chi connectivity index (χ1n) is 5.88. The molecule has 0 radical (unpaired) electrons. The van der Waals surface area contributed by atoms with E-state index in [2.05, 4.69) is 0 Å². The first-order valence-corrected chi connectivity index (χ1v) is 7.53. The summed E-state index contributed by atoms with van der Waals surface area (Å²) in [6.45, 7) is 4.63. The molecular weight excluding hydrogens is 212 g/mol. The van der Waals surface area contributed by atoms with Crippen molar-refractivity contribution in [1.82, 2.24) is 0 Å². The highest BCUT2D eigenvalue weighted by Gasteiger charge is 2.43. The molecule has 0 amide bonds. The third kappa shape index (κ3) is 2.72. The molecule has 0 N–H and O–H groups in total. The molecule has 1 fully saturated rings. The Kier molecular flexibility index (Phi) is 4.59. The van der Waals surface area contributed by atoms with Crippen molar-refractivity contribution in [3.8, 4) is 0 Å². The van der Waals surface area contributed by atoms with E-state index in [1.165, 1.54) is 0 Å². The molecule has 0 aromatic rings. The Hall–Kier alpha value is -0.0900. The molecule has 1 aliphatic carbocycles. The Labute approximate surface area is 93.1 Å². The highest BCUT2D eigenvalue weighted by Crippen LogP contribution is 2.36. The van der Waals surface area contributed by atoms with Crippen LogP contribution in [0.15, 0.2) is 0 Å². The zero-order valence-electron chi connectivity index (χ0n) is 9.79. The molecule has 1 aliphatic rings. The lowest BCUT2D eigenvalue weighted by Gasteiger charge is -2.36. The molecule has 0 heterocycles. The molecule has 90 valence electrons. The van der Waals surface area contributed by atoms with E-state index in [-0.39, 0.29) is 5.75 Å². The topological polar surface area (TPSA) is 43.4 Å². The molecule has 0 aromatic heterocycles. The van der Waals surface area contributed by atoms with Crippen LogP contribution in [0.3, 0.4) is 0 Å². The Morgan fingerprint density at radius 1 is 1.13 bits per heavy atom. The number of ether oxygens (including phenoxy) is 1. The van der Waals surface area contributed by atoms with Gasteiger partial charge in [-0.25, -0.2) is 8.42 Å². The van der Waals surface area contributed by atoms with Crippen LogP contribution in [0.25, 0.3) is 0 Å². The quantitative estimate of drug-likeness (QED) is 0.732. The number of sulfone groups is 1. The van der Waals surface area contributed by atoms with Crippen molar-refractivity contribution in [2.45, 2.75) is 50.7 Å². The SMILES string of the molecule is CCOCC1(S(=O)(=O)CC)CCCCC1. The maximum Gasteiger partial charge on any atom is 0.158 e. The minimum atomic E-state index is -2.98. The van der Waals surface area contributed by atoms with Gasteiger partial charge >= 0.3 is 0 Å². The average molecular weight is 234 g/mol. The van der Waals surface area contributed by atoms with E-state index in [0.717, 1.165) is 32.1 Å². The zero-order valence-corrected chi connectivity index (χ0v) is 10.6. The van der Waals surface area contributed by atoms with Crippen molar-refractivity contribution < 1.29 is 13.2 Å². The van der Waals surface area contributed by atoms with Gasteiger partial charge in [-0.2, -0.15) is 0 Å². The van der Waals surface area contributed by atoms with E-state index in [0.29, 0.717) is 13.2 Å². The van der Waals surface area contributed by atoms with Gasteiger partial charge in [0.05, 0.1) is 11.4 Å². The van der Waals surface area contributed by atoms with Crippen LogP contribution in [0.4, 0.5) is 0 Å². The molecule has 0 saturated heterocycles. The molecule has 0 atom stereocenters. The lowest BCUT2D eigenvalue weighted by molar-refractivity contribution is 0.106. The molecule has 3 nitrogen and oxygen atoms in total. The molecule has 0 spiro atoms. The molecule has 15 heavy (non-hydrogen) atoms. The Bertz CT molecular complexity index is 276. The van der Waals surface area contributed by atoms with Gasteiger partial charge in [-0.05, 0) is 19.8 Å². The van der Waals surface area contributed by atoms with Gasteiger partial charge in [0.15, 0.2) is 9.84 Å². The maximum absolute atomic E-state index is 12.1. The summed E-state index contributed by atoms with van der Waals surface area (Å²) in [4.78, 5) is 0. The molecular formula is C11H22O3S. The first-order chi connectivity index (χ1) is 7.08. The predicted octanol–water partition coefficient (Wildman–Crippen LogP) is 2.16. The highest BCUT2D eigenvalue weighted by atomic mass is 32.2. The van der Waals surface area contributed by atoms with Crippen LogP contribution < -0.4 is 0 Å². The van der Waals surface area contributed by atoms with Gasteiger partial charge in [-0.1, -0.05) is 26.2 Å². The summed E-state index contributed by atoms with van der Waals surface area (Å²) in [6, 6.07) is 0. The van der Waals surface area contributed by atoms with Crippen molar-refractivity contribution in [2.24, 2.45) is 0 Å². The summed E-state index contributed by atoms with van der Waals surface area (Å²) in [6.07, 6.45) is 4.76. The number of hydrogen-bond donors (Lipinski definition) is 0. The largest absolute Gasteiger partial charge is 0.380 e. The van der Waals surface area contributed by atoms with Crippen molar-refractivity contribution in [3.05, 3.63) is 0 Å². The van der Waals surface area contributed by atoms with Gasteiger partial charge in [0.2, 0.25) is 0 Å². The second kappa shape index (κ2) is 5.30. The van der Waals surface area contributed by atoms with Gasteiger partial charge < -0.3 is 4.74 Å². The van der Waals surface area contributed by atoms with Crippen molar-refractivity contribution in [2.75, 3.05) is 19.0 Å². The fourth-order valence-electron chi connectivity index (χ4n) is 2.34. The summed E-state index contributed by atoms with van der Waals surface area (Å²) < 4.78 is 29.0. The van der Waals surface area contributed by atoms with Gasteiger partial charge in [0.1, 0.15) is 0 Å². The Morgan fingerprint density at radius 3 is 2.20 bits per heavy atom. The summed E-state index contributed by atoms with van der Waals surface area (Å²) >= 11 is 0. The average Bonchev–Trinajstić information content (AvgIpc) is 2.27. The Balaban J connectivity index is 2.84. The first kappa shape index (κ1) is 13.0. The number of hydrogen-bond acceptors (Lipinski definition) is 3. The standard InChI is InChI=1S/C11H22O3S/c1-3-14-10-11(15(12,13)4-2)8-6-5-7-9-11/h3-10H2,1-2H3. The fraction of sp³-hybridized carbons (Fsp3) is 1.00. The lowest BCUT2D eigenvalue weighted by Crippen LogP contribution is -2.45. The van der Waals surface area contributed by atoms with Gasteiger partial charge in [-0.3, -0.25) is 0 Å². The van der Waals surface area contributed by atoms with E-state index in [1.54, 1.807) is 6.92 Å². The fourth-order valence-corrected chi connectivity index (χ4v) is 4.12. The van der Waals surface area contributed by atoms with Crippen LogP contribution in [-0.4, -0.2) is 32.1 Å². The third-order valence-corrected chi connectivity index (χ3v) is 5.98. The molecule has 1 rings (SSSR count). The third-order valence-electron chi connectivity index (χ3n) is 3.37. The second-order valence-electron chi connectivity index (χ2n) is 4.28. The van der Waals surface area contributed by atoms with Crippen LogP contribution in [0, 0.1) is 0 Å². The van der Waals surface area contributed by atoms with Crippen LogP contribution in [0.1, 0.15) is 46.0 Å². The molecule has 0 aliphatic heterocycles. The highest BCUT2D eigenvalue weighted by molar-refractivity contribution is 7.92. The van der Waals surface area contributed by atoms with E-state index in [1.807, 2.05) is 6.92 Å². The van der Waals surface area contributed by atoms with Crippen molar-refractivity contribution in [1.29, 1.82) is 0 Å². The zero-order chi connectivity index (χ0) is 11.4. The van der Waals surface area contributed by atoms with E-state index >= 15 is 0 Å². The van der Waals surface area contributed by atoms with Gasteiger partial charge in [-0.15, -0.1) is 0 Å². The van der Waals surface area contributed by atoms with Crippen LogP contribution in [-0.2, 0) is 14.6 Å². The van der Waals surface area contributed by atoms with Crippen LogP contribution >= 0.6 is 0 Å². The van der Waals surface area contributed by atoms with Crippen LogP contribution in [0.2, 0.25) is 0 Å². The molecule has 1 saturated carbocycles. The lowest BCUT2D eigenvalue weighted by atomic mass is 9.89. The van der Waals surface area contributed by atoms with E-state index < -0.39 is 14.6 Å². The van der Waals surface area contributed by atoms with Crippen LogP contribution in [0.5, 0.6) is 0 Å². The molecule has 4 heteroatoms. The van der Waals surface area contributed by atoms with E-state index in [9.17, 15) is 8.42 Å². The summed E-state index contributed by atoms with van der Waals surface area (Å²) in [5.41, 5.74) is 0.